The van der Waals surface area contributed by atoms with Crippen molar-refractivity contribution in [1.82, 2.24) is 15.1 Å². The van der Waals surface area contributed by atoms with Crippen LogP contribution in [0.15, 0.2) is 48.5 Å². The van der Waals surface area contributed by atoms with E-state index in [4.69, 9.17) is 18.2 Å². The Morgan fingerprint density at radius 2 is 1.68 bits per heavy atom. The Kier molecular flexibility index (Phi) is 10.2. The van der Waals surface area contributed by atoms with Gasteiger partial charge in [0.15, 0.2) is 0 Å². The van der Waals surface area contributed by atoms with Crippen LogP contribution in [-0.4, -0.2) is 47.9 Å². The van der Waals surface area contributed by atoms with Gasteiger partial charge >= 0.3 is 6.03 Å². The van der Waals surface area contributed by atoms with Crippen molar-refractivity contribution in [2.24, 2.45) is 0 Å². The molecular formula is C30H38Cl2N4O2. The zero-order valence-electron chi connectivity index (χ0n) is 22.3. The lowest BCUT2D eigenvalue weighted by Gasteiger charge is -2.35. The minimum Gasteiger partial charge on any atom is -0.319 e. The van der Waals surface area contributed by atoms with Crippen LogP contribution in [0.2, 0.25) is 5.02 Å². The van der Waals surface area contributed by atoms with Crippen LogP contribution in [0.5, 0.6) is 0 Å². The molecular weight excluding hydrogens is 519 g/mol. The fourth-order valence-corrected chi connectivity index (χ4v) is 5.97. The number of carbonyl (C=O) groups excluding carboxylic acids is 2. The number of benzene rings is 2. The Morgan fingerprint density at radius 3 is 2.32 bits per heavy atom. The monoisotopic (exact) mass is 556 g/mol. The van der Waals surface area contributed by atoms with Gasteiger partial charge in [0.25, 0.3) is 11.4 Å². The average molecular weight is 558 g/mol. The number of imide groups is 1. The number of hydrogen-bond donors (Lipinski definition) is 1. The summed E-state index contributed by atoms with van der Waals surface area (Å²) in [6, 6.07) is 15.1. The standard InChI is InChI=1S/C30H37ClN4O2.ClH/c1-4-5-8-16-30(24-12-14-25(31)15-13-24)27(36)35(28(37)33-30)20-9-19-34-21-17-29(32-3,18-22-34)26-11-7-6-10-23(26)2;/h6-7,10-15H,4-5,8-9,16-22H2,1-2H3,(H,33,37);1H. The summed E-state index contributed by atoms with van der Waals surface area (Å²) in [5.41, 5.74) is 1.63. The molecule has 0 bridgehead atoms. The first kappa shape index (κ1) is 30.0. The normalized spacial score (nSPS) is 21.1. The molecule has 1 atom stereocenters. The van der Waals surface area contributed by atoms with Crippen molar-refractivity contribution in [3.8, 4) is 0 Å². The molecule has 38 heavy (non-hydrogen) atoms. The highest BCUT2D eigenvalue weighted by Crippen LogP contribution is 2.39. The molecule has 0 aromatic heterocycles. The third-order valence-corrected chi connectivity index (χ3v) is 8.32. The summed E-state index contributed by atoms with van der Waals surface area (Å²) in [7, 11) is 0. The molecule has 0 saturated carbocycles. The van der Waals surface area contributed by atoms with E-state index in [1.807, 2.05) is 24.3 Å². The maximum absolute atomic E-state index is 13.7. The summed E-state index contributed by atoms with van der Waals surface area (Å²) in [6.45, 7) is 15.0. The molecule has 2 saturated heterocycles. The summed E-state index contributed by atoms with van der Waals surface area (Å²) in [6.07, 6.45) is 5.77. The highest BCUT2D eigenvalue weighted by molar-refractivity contribution is 6.30. The molecule has 4 rings (SSSR count). The van der Waals surface area contributed by atoms with E-state index in [-0.39, 0.29) is 24.3 Å². The topological polar surface area (TPSA) is 57.0 Å². The number of piperidine rings is 1. The van der Waals surface area contributed by atoms with Crippen molar-refractivity contribution < 1.29 is 9.59 Å². The molecule has 2 fully saturated rings. The maximum Gasteiger partial charge on any atom is 0.325 e. The Morgan fingerprint density at radius 1 is 1.00 bits per heavy atom. The molecule has 1 N–H and O–H groups in total. The molecule has 0 aliphatic carbocycles. The van der Waals surface area contributed by atoms with E-state index >= 15 is 0 Å². The van der Waals surface area contributed by atoms with Crippen LogP contribution < -0.4 is 5.32 Å². The van der Waals surface area contributed by atoms with Crippen LogP contribution in [0.4, 0.5) is 4.79 Å². The predicted octanol–water partition coefficient (Wildman–Crippen LogP) is 6.70. The van der Waals surface area contributed by atoms with Crippen LogP contribution in [0, 0.1) is 13.5 Å². The Hall–Kier alpha value is -2.59. The molecule has 2 aromatic rings. The number of carbonyl (C=O) groups is 2. The molecule has 2 aliphatic rings. The molecule has 2 heterocycles. The number of halogens is 2. The van der Waals surface area contributed by atoms with Gasteiger partial charge in [0.2, 0.25) is 0 Å². The number of nitrogens with zero attached hydrogens (tertiary/aromatic N) is 3. The molecule has 1 unspecified atom stereocenters. The second-order valence-corrected chi connectivity index (χ2v) is 10.8. The first-order valence-electron chi connectivity index (χ1n) is 13.4. The van der Waals surface area contributed by atoms with Crippen molar-refractivity contribution in [3.63, 3.8) is 0 Å². The summed E-state index contributed by atoms with van der Waals surface area (Å²) in [5, 5.41) is 3.64. The van der Waals surface area contributed by atoms with E-state index in [9.17, 15) is 9.59 Å². The van der Waals surface area contributed by atoms with Crippen molar-refractivity contribution >= 4 is 35.9 Å². The first-order valence-corrected chi connectivity index (χ1v) is 13.8. The van der Waals surface area contributed by atoms with E-state index in [2.05, 4.69) is 41.0 Å². The second-order valence-electron chi connectivity index (χ2n) is 10.4. The second kappa shape index (κ2) is 13.0. The fraction of sp³-hybridized carbons (Fsp3) is 0.500. The summed E-state index contributed by atoms with van der Waals surface area (Å²) >= 11 is 6.09. The molecule has 204 valence electrons. The van der Waals surface area contributed by atoms with Gasteiger partial charge in [-0.2, -0.15) is 0 Å². The molecule has 3 amide bonds. The SMILES string of the molecule is Cl.[C-]#[N+]C1(c2ccccc2C)CCN(CCCN2C(=O)NC(CCCCC)(c3ccc(Cl)cc3)C2=O)CC1. The quantitative estimate of drug-likeness (QED) is 0.201. The highest BCUT2D eigenvalue weighted by atomic mass is 35.5. The van der Waals surface area contributed by atoms with Gasteiger partial charge in [-0.05, 0) is 49.6 Å². The lowest BCUT2D eigenvalue weighted by atomic mass is 9.79. The third-order valence-electron chi connectivity index (χ3n) is 8.07. The van der Waals surface area contributed by atoms with E-state index in [1.54, 1.807) is 12.1 Å². The number of hydrogen-bond acceptors (Lipinski definition) is 3. The van der Waals surface area contributed by atoms with E-state index in [0.29, 0.717) is 24.4 Å². The Labute approximate surface area is 237 Å². The number of likely N-dealkylation sites (tertiary alicyclic amines) is 1. The van der Waals surface area contributed by atoms with Crippen molar-refractivity contribution in [1.29, 1.82) is 0 Å². The van der Waals surface area contributed by atoms with E-state index in [0.717, 1.165) is 62.9 Å². The van der Waals surface area contributed by atoms with Gasteiger partial charge in [0, 0.05) is 43.1 Å². The molecule has 2 aliphatic heterocycles. The van der Waals surface area contributed by atoms with Gasteiger partial charge in [0.05, 0.1) is 0 Å². The van der Waals surface area contributed by atoms with Crippen molar-refractivity contribution in [2.45, 2.75) is 69.9 Å². The number of nitrogens with one attached hydrogen (secondary N) is 1. The van der Waals surface area contributed by atoms with E-state index < -0.39 is 11.1 Å². The number of aryl methyl sites for hydroxylation is 1. The minimum atomic E-state index is -1.02. The predicted molar refractivity (Wildman–Crippen MR) is 155 cm³/mol. The largest absolute Gasteiger partial charge is 0.325 e. The number of amides is 3. The Balaban J connectivity index is 0.00000400. The maximum atomic E-state index is 13.7. The van der Waals surface area contributed by atoms with Crippen LogP contribution in [0.1, 0.15) is 68.6 Å². The zero-order chi connectivity index (χ0) is 26.5. The Bertz CT molecular complexity index is 1160. The first-order chi connectivity index (χ1) is 17.8. The summed E-state index contributed by atoms with van der Waals surface area (Å²) in [5.74, 6) is -0.166. The lowest BCUT2D eigenvalue weighted by Crippen LogP contribution is -2.44. The number of urea groups is 1. The van der Waals surface area contributed by atoms with Gasteiger partial charge in [-0.25, -0.2) is 11.4 Å². The molecule has 6 nitrogen and oxygen atoms in total. The van der Waals surface area contributed by atoms with Crippen LogP contribution in [-0.2, 0) is 15.9 Å². The average Bonchev–Trinajstić information content (AvgIpc) is 3.15. The third kappa shape index (κ3) is 6.01. The number of rotatable bonds is 10. The van der Waals surface area contributed by atoms with Crippen LogP contribution >= 0.6 is 24.0 Å². The summed E-state index contributed by atoms with van der Waals surface area (Å²) in [4.78, 5) is 34.5. The van der Waals surface area contributed by atoms with Gasteiger partial charge in [-0.15, -0.1) is 12.4 Å². The fourth-order valence-electron chi connectivity index (χ4n) is 5.85. The van der Waals surface area contributed by atoms with Crippen molar-refractivity contribution in [3.05, 3.63) is 81.7 Å². The highest BCUT2D eigenvalue weighted by Gasteiger charge is 2.51. The van der Waals surface area contributed by atoms with Crippen molar-refractivity contribution in [2.75, 3.05) is 26.2 Å². The van der Waals surface area contributed by atoms with Gasteiger partial charge < -0.3 is 15.1 Å². The molecule has 0 radical (unpaired) electrons. The van der Waals surface area contributed by atoms with Gasteiger partial charge in [0.1, 0.15) is 5.54 Å². The van der Waals surface area contributed by atoms with E-state index in [1.165, 1.54) is 10.5 Å². The molecule has 0 spiro atoms. The molecule has 8 heteroatoms. The van der Waals surface area contributed by atoms with Gasteiger partial charge in [-0.1, -0.05) is 74.2 Å². The molecule has 2 aromatic carbocycles. The minimum absolute atomic E-state index is 0. The smallest absolute Gasteiger partial charge is 0.319 e. The zero-order valence-corrected chi connectivity index (χ0v) is 23.9. The van der Waals surface area contributed by atoms with Gasteiger partial charge in [-0.3, -0.25) is 9.69 Å². The summed E-state index contributed by atoms with van der Waals surface area (Å²) < 4.78 is 0. The lowest BCUT2D eigenvalue weighted by molar-refractivity contribution is -0.132. The van der Waals surface area contributed by atoms with Crippen LogP contribution in [0.3, 0.4) is 0 Å². The van der Waals surface area contributed by atoms with Crippen LogP contribution in [0.25, 0.3) is 4.85 Å². The number of unbranched alkanes of at least 4 members (excludes halogenated alkanes) is 2.